The normalized spacial score (nSPS) is 20.9. The van der Waals surface area contributed by atoms with Gasteiger partial charge in [0, 0.05) is 45.9 Å². The number of methoxy groups -OCH3 is 1. The first kappa shape index (κ1) is 33.0. The quantitative estimate of drug-likeness (QED) is 0.269. The van der Waals surface area contributed by atoms with Gasteiger partial charge in [-0.05, 0) is 61.4 Å². The number of piperidine rings is 1. The smallest absolute Gasteiger partial charge is 0.407 e. The fourth-order valence-corrected chi connectivity index (χ4v) is 6.10. The Balaban J connectivity index is 1.49. The highest BCUT2D eigenvalue weighted by atomic mass is 16.5. The second-order valence-electron chi connectivity index (χ2n) is 11.3. The molecule has 10 nitrogen and oxygen atoms in total. The summed E-state index contributed by atoms with van der Waals surface area (Å²) in [6, 6.07) is 14.4. The van der Waals surface area contributed by atoms with E-state index in [-0.39, 0.29) is 37.2 Å². The number of amides is 1. The van der Waals surface area contributed by atoms with Crippen molar-refractivity contribution in [2.24, 2.45) is 5.92 Å². The number of anilines is 1. The van der Waals surface area contributed by atoms with Gasteiger partial charge in [-0.25, -0.2) is 4.79 Å². The van der Waals surface area contributed by atoms with Crippen molar-refractivity contribution in [3.8, 4) is 5.75 Å². The van der Waals surface area contributed by atoms with E-state index in [2.05, 4.69) is 35.2 Å². The number of fused-ring (bicyclic) bond motifs is 1. The lowest BCUT2D eigenvalue weighted by atomic mass is 9.77. The Morgan fingerprint density at radius 2 is 1.91 bits per heavy atom. The standard InChI is InChI=1S/C33H48N2O8/c1-4-41-24(2)21-40-22-25-6-9-27(10-7-25)32-28(12-15-36)19-35(33(37)38)20-31(32)43-23-26-8-11-30-29(18-26)34(14-17-42-30)13-5-16-39-3/h6-11,18,24,28,31-32,36H,4-5,12-17,19-23H2,1-3H3,(H,37,38)/t24-,28-,31+,32+/m1/s1. The number of aliphatic hydroxyl groups excluding tert-OH is 1. The van der Waals surface area contributed by atoms with Gasteiger partial charge in [-0.1, -0.05) is 30.3 Å². The van der Waals surface area contributed by atoms with Crippen LogP contribution in [0.15, 0.2) is 42.5 Å². The minimum Gasteiger partial charge on any atom is -0.490 e. The minimum absolute atomic E-state index is 0.0188. The molecule has 10 heteroatoms. The highest BCUT2D eigenvalue weighted by Crippen LogP contribution is 2.38. The van der Waals surface area contributed by atoms with Crippen LogP contribution < -0.4 is 9.64 Å². The summed E-state index contributed by atoms with van der Waals surface area (Å²) in [6.07, 6.45) is 0.111. The van der Waals surface area contributed by atoms with Crippen LogP contribution in [-0.4, -0.2) is 99.7 Å². The first-order valence-electron chi connectivity index (χ1n) is 15.4. The van der Waals surface area contributed by atoms with Crippen LogP contribution in [0.5, 0.6) is 5.75 Å². The number of likely N-dealkylation sites (tertiary alicyclic amines) is 1. The molecule has 2 aliphatic rings. The molecular weight excluding hydrogens is 552 g/mol. The highest BCUT2D eigenvalue weighted by Gasteiger charge is 2.40. The molecule has 238 valence electrons. The Hall–Kier alpha value is -2.89. The molecule has 0 bridgehead atoms. The average molecular weight is 601 g/mol. The third kappa shape index (κ3) is 9.30. The van der Waals surface area contributed by atoms with Crippen molar-refractivity contribution in [1.29, 1.82) is 0 Å². The Labute approximate surface area is 255 Å². The molecule has 2 heterocycles. The molecule has 4 atom stereocenters. The van der Waals surface area contributed by atoms with E-state index in [1.165, 1.54) is 4.90 Å². The number of carboxylic acid groups (broad SMARTS) is 1. The molecule has 4 rings (SSSR count). The first-order valence-corrected chi connectivity index (χ1v) is 15.4. The van der Waals surface area contributed by atoms with Gasteiger partial charge in [-0.3, -0.25) is 0 Å². The lowest BCUT2D eigenvalue weighted by molar-refractivity contribution is -0.0429. The Morgan fingerprint density at radius 1 is 1.12 bits per heavy atom. The van der Waals surface area contributed by atoms with Crippen molar-refractivity contribution in [2.75, 3.05) is 71.2 Å². The lowest BCUT2D eigenvalue weighted by Crippen LogP contribution is -2.51. The molecule has 2 aromatic carbocycles. The van der Waals surface area contributed by atoms with Gasteiger partial charge in [0.2, 0.25) is 0 Å². The average Bonchev–Trinajstić information content (AvgIpc) is 3.01. The third-order valence-corrected chi connectivity index (χ3v) is 8.19. The summed E-state index contributed by atoms with van der Waals surface area (Å²) < 4.78 is 29.1. The van der Waals surface area contributed by atoms with Crippen LogP contribution >= 0.6 is 0 Å². The largest absolute Gasteiger partial charge is 0.490 e. The molecule has 1 saturated heterocycles. The van der Waals surface area contributed by atoms with Gasteiger partial charge in [-0.2, -0.15) is 0 Å². The maximum Gasteiger partial charge on any atom is 0.407 e. The fraction of sp³-hybridized carbons (Fsp3) is 0.606. The SMILES string of the molecule is CCO[C@H](C)COCc1ccc([C@H]2[C@H](CCO)CN(C(=O)O)C[C@@H]2OCc2ccc3c(c2)N(CCCOC)CCO3)cc1. The van der Waals surface area contributed by atoms with E-state index in [0.29, 0.717) is 52.6 Å². The summed E-state index contributed by atoms with van der Waals surface area (Å²) in [5, 5.41) is 19.8. The third-order valence-electron chi connectivity index (χ3n) is 8.19. The van der Waals surface area contributed by atoms with Crippen LogP contribution in [0.4, 0.5) is 10.5 Å². The van der Waals surface area contributed by atoms with E-state index in [9.17, 15) is 15.0 Å². The monoisotopic (exact) mass is 600 g/mol. The van der Waals surface area contributed by atoms with E-state index in [1.807, 2.05) is 26.0 Å². The number of ether oxygens (including phenoxy) is 5. The molecule has 1 fully saturated rings. The van der Waals surface area contributed by atoms with Gasteiger partial charge < -0.3 is 43.7 Å². The molecule has 1 amide bonds. The minimum atomic E-state index is -0.971. The molecule has 0 saturated carbocycles. The Morgan fingerprint density at radius 3 is 2.63 bits per heavy atom. The van der Waals surface area contributed by atoms with Crippen LogP contribution in [0.1, 0.15) is 49.3 Å². The molecular formula is C33H48N2O8. The number of carbonyl (C=O) groups is 1. The van der Waals surface area contributed by atoms with Gasteiger partial charge in [0.25, 0.3) is 0 Å². The van der Waals surface area contributed by atoms with Crippen molar-refractivity contribution in [3.63, 3.8) is 0 Å². The van der Waals surface area contributed by atoms with Crippen LogP contribution in [0, 0.1) is 5.92 Å². The zero-order chi connectivity index (χ0) is 30.6. The molecule has 0 spiro atoms. The molecule has 2 aromatic rings. The number of rotatable bonds is 16. The van der Waals surface area contributed by atoms with Gasteiger partial charge in [-0.15, -0.1) is 0 Å². The van der Waals surface area contributed by atoms with Crippen LogP contribution in [0.3, 0.4) is 0 Å². The molecule has 2 aliphatic heterocycles. The number of hydrogen-bond donors (Lipinski definition) is 2. The van der Waals surface area contributed by atoms with Crippen molar-refractivity contribution in [3.05, 3.63) is 59.2 Å². The summed E-state index contributed by atoms with van der Waals surface area (Å²) in [5.41, 5.74) is 4.17. The maximum atomic E-state index is 12.1. The van der Waals surface area contributed by atoms with E-state index in [1.54, 1.807) is 7.11 Å². The summed E-state index contributed by atoms with van der Waals surface area (Å²) in [6.45, 7) is 9.61. The predicted octanol–water partition coefficient (Wildman–Crippen LogP) is 4.52. The highest BCUT2D eigenvalue weighted by molar-refractivity contribution is 5.65. The molecule has 43 heavy (non-hydrogen) atoms. The first-order chi connectivity index (χ1) is 20.9. The zero-order valence-corrected chi connectivity index (χ0v) is 25.8. The second-order valence-corrected chi connectivity index (χ2v) is 11.3. The second kappa shape index (κ2) is 16.8. The van der Waals surface area contributed by atoms with Crippen molar-refractivity contribution < 1.29 is 38.7 Å². The van der Waals surface area contributed by atoms with Gasteiger partial charge >= 0.3 is 6.09 Å². The molecule has 0 unspecified atom stereocenters. The van der Waals surface area contributed by atoms with Gasteiger partial charge in [0.1, 0.15) is 12.4 Å². The van der Waals surface area contributed by atoms with Crippen molar-refractivity contribution >= 4 is 11.8 Å². The summed E-state index contributed by atoms with van der Waals surface area (Å²) in [7, 11) is 1.71. The number of hydrogen-bond acceptors (Lipinski definition) is 8. The summed E-state index contributed by atoms with van der Waals surface area (Å²) in [4.78, 5) is 15.8. The van der Waals surface area contributed by atoms with Crippen LogP contribution in [0.2, 0.25) is 0 Å². The van der Waals surface area contributed by atoms with Crippen molar-refractivity contribution in [2.45, 2.75) is 58.0 Å². The number of benzene rings is 2. The summed E-state index contributed by atoms with van der Waals surface area (Å²) >= 11 is 0. The number of aliphatic hydroxyl groups is 1. The van der Waals surface area contributed by atoms with E-state index < -0.39 is 6.09 Å². The van der Waals surface area contributed by atoms with Gasteiger partial charge in [0.05, 0.1) is 50.8 Å². The number of nitrogens with zero attached hydrogens (tertiary/aromatic N) is 2. The van der Waals surface area contributed by atoms with Crippen LogP contribution in [-0.2, 0) is 32.2 Å². The Bertz CT molecular complexity index is 1130. The van der Waals surface area contributed by atoms with Gasteiger partial charge in [0.15, 0.2) is 0 Å². The molecule has 0 aliphatic carbocycles. The predicted molar refractivity (Wildman–Crippen MR) is 164 cm³/mol. The molecule has 2 N–H and O–H groups in total. The van der Waals surface area contributed by atoms with E-state index in [0.717, 1.165) is 47.6 Å². The fourth-order valence-electron chi connectivity index (χ4n) is 6.10. The Kier molecular flexibility index (Phi) is 12.9. The zero-order valence-electron chi connectivity index (χ0n) is 25.8. The van der Waals surface area contributed by atoms with E-state index >= 15 is 0 Å². The molecule has 0 radical (unpaired) electrons. The molecule has 0 aromatic heterocycles. The lowest BCUT2D eigenvalue weighted by Gasteiger charge is -2.43. The van der Waals surface area contributed by atoms with Crippen molar-refractivity contribution in [1.82, 2.24) is 4.90 Å². The van der Waals surface area contributed by atoms with E-state index in [4.69, 9.17) is 23.7 Å². The summed E-state index contributed by atoms with van der Waals surface area (Å²) in [5.74, 6) is 0.712. The maximum absolute atomic E-state index is 12.1. The topological polar surface area (TPSA) is 110 Å². The van der Waals surface area contributed by atoms with Crippen LogP contribution in [0.25, 0.3) is 0 Å².